The molecule has 3 heteroatoms. The topological polar surface area (TPSA) is 34.1 Å². The van der Waals surface area contributed by atoms with E-state index in [0.717, 1.165) is 12.8 Å². The van der Waals surface area contributed by atoms with Crippen LogP contribution in [0.5, 0.6) is 0 Å². The molecule has 0 unspecified atom stereocenters. The Bertz CT molecular complexity index is 505. The highest BCUT2D eigenvalue weighted by Crippen LogP contribution is 2.32. The van der Waals surface area contributed by atoms with E-state index in [1.54, 1.807) is 24.3 Å². The van der Waals surface area contributed by atoms with Gasteiger partial charge in [-0.3, -0.25) is 0 Å². The van der Waals surface area contributed by atoms with Gasteiger partial charge in [-0.2, -0.15) is 0 Å². The van der Waals surface area contributed by atoms with Crippen molar-refractivity contribution in [2.75, 3.05) is 5.75 Å². The standard InChI is InChI=1S/C12H12O2S/c1-2-10-4-3-5-12(8-10)15(13,14)9-11-6-7-11/h1,3-5,8,11H,6-7,9H2. The maximum absolute atomic E-state index is 11.9. The first kappa shape index (κ1) is 10.3. The predicted molar refractivity (Wildman–Crippen MR) is 59.2 cm³/mol. The van der Waals surface area contributed by atoms with Gasteiger partial charge in [-0.1, -0.05) is 12.0 Å². The summed E-state index contributed by atoms with van der Waals surface area (Å²) < 4.78 is 23.8. The van der Waals surface area contributed by atoms with Gasteiger partial charge in [-0.25, -0.2) is 8.42 Å². The van der Waals surface area contributed by atoms with Gasteiger partial charge in [0, 0.05) is 5.56 Å². The Balaban J connectivity index is 2.31. The molecule has 1 saturated carbocycles. The highest BCUT2D eigenvalue weighted by Gasteiger charge is 2.28. The monoisotopic (exact) mass is 220 g/mol. The van der Waals surface area contributed by atoms with Crippen LogP contribution in [0.4, 0.5) is 0 Å². The second-order valence-electron chi connectivity index (χ2n) is 3.90. The number of benzene rings is 1. The SMILES string of the molecule is C#Cc1cccc(S(=O)(=O)CC2CC2)c1. The predicted octanol–water partition coefficient (Wildman–Crippen LogP) is 1.85. The van der Waals surface area contributed by atoms with E-state index < -0.39 is 9.84 Å². The molecule has 1 aliphatic rings. The third-order valence-corrected chi connectivity index (χ3v) is 4.39. The zero-order valence-corrected chi connectivity index (χ0v) is 9.13. The van der Waals surface area contributed by atoms with Gasteiger partial charge in [0.05, 0.1) is 10.6 Å². The average molecular weight is 220 g/mol. The maximum atomic E-state index is 11.9. The van der Waals surface area contributed by atoms with Crippen LogP contribution in [0, 0.1) is 18.3 Å². The first-order chi connectivity index (χ1) is 7.12. The van der Waals surface area contributed by atoms with Gasteiger partial charge in [0.25, 0.3) is 0 Å². The highest BCUT2D eigenvalue weighted by atomic mass is 32.2. The van der Waals surface area contributed by atoms with Crippen molar-refractivity contribution < 1.29 is 8.42 Å². The number of hydrogen-bond donors (Lipinski definition) is 0. The van der Waals surface area contributed by atoms with Crippen molar-refractivity contribution in [1.29, 1.82) is 0 Å². The van der Waals surface area contributed by atoms with Crippen LogP contribution >= 0.6 is 0 Å². The largest absolute Gasteiger partial charge is 0.224 e. The summed E-state index contributed by atoms with van der Waals surface area (Å²) in [4.78, 5) is 0.352. The van der Waals surface area contributed by atoms with Crippen molar-refractivity contribution in [2.45, 2.75) is 17.7 Å². The van der Waals surface area contributed by atoms with Gasteiger partial charge >= 0.3 is 0 Å². The van der Waals surface area contributed by atoms with Crippen molar-refractivity contribution in [3.8, 4) is 12.3 Å². The second kappa shape index (κ2) is 3.71. The molecule has 0 spiro atoms. The van der Waals surface area contributed by atoms with E-state index in [0.29, 0.717) is 16.4 Å². The van der Waals surface area contributed by atoms with Gasteiger partial charge in [-0.15, -0.1) is 6.42 Å². The first-order valence-electron chi connectivity index (χ1n) is 4.91. The molecule has 0 aromatic heterocycles. The molecule has 2 nitrogen and oxygen atoms in total. The molecule has 0 atom stereocenters. The molecule has 1 aliphatic carbocycles. The van der Waals surface area contributed by atoms with Crippen LogP contribution in [0.3, 0.4) is 0 Å². The molecule has 2 rings (SSSR count). The quantitative estimate of drug-likeness (QED) is 0.728. The summed E-state index contributed by atoms with van der Waals surface area (Å²) in [6.07, 6.45) is 7.30. The third kappa shape index (κ3) is 2.40. The summed E-state index contributed by atoms with van der Waals surface area (Å²) in [7, 11) is -3.13. The van der Waals surface area contributed by atoms with Crippen molar-refractivity contribution in [3.05, 3.63) is 29.8 Å². The van der Waals surface area contributed by atoms with E-state index in [1.807, 2.05) is 0 Å². The van der Waals surface area contributed by atoms with Gasteiger partial charge in [0.2, 0.25) is 0 Å². The molecule has 0 N–H and O–H groups in total. The second-order valence-corrected chi connectivity index (χ2v) is 5.93. The zero-order chi connectivity index (χ0) is 10.9. The van der Waals surface area contributed by atoms with E-state index in [-0.39, 0.29) is 5.75 Å². The lowest BCUT2D eigenvalue weighted by molar-refractivity contribution is 0.592. The van der Waals surface area contributed by atoms with E-state index in [2.05, 4.69) is 5.92 Å². The minimum absolute atomic E-state index is 0.265. The number of rotatable bonds is 3. The van der Waals surface area contributed by atoms with Crippen LogP contribution in [0.1, 0.15) is 18.4 Å². The van der Waals surface area contributed by atoms with Gasteiger partial charge in [0.15, 0.2) is 9.84 Å². The molecule has 15 heavy (non-hydrogen) atoms. The van der Waals surface area contributed by atoms with Crippen LogP contribution in [0.15, 0.2) is 29.2 Å². The van der Waals surface area contributed by atoms with Gasteiger partial charge < -0.3 is 0 Å². The Morgan fingerprint density at radius 1 is 1.40 bits per heavy atom. The Labute approximate surface area is 90.2 Å². The first-order valence-corrected chi connectivity index (χ1v) is 6.56. The normalized spacial score (nSPS) is 15.9. The van der Waals surface area contributed by atoms with Crippen molar-refractivity contribution >= 4 is 9.84 Å². The molecule has 0 aliphatic heterocycles. The summed E-state index contributed by atoms with van der Waals surface area (Å²) in [5.41, 5.74) is 0.617. The molecule has 1 aromatic carbocycles. The molecule has 1 aromatic rings. The van der Waals surface area contributed by atoms with Gasteiger partial charge in [0.1, 0.15) is 0 Å². The summed E-state index contributed by atoms with van der Waals surface area (Å²) in [6, 6.07) is 6.60. The van der Waals surface area contributed by atoms with Crippen molar-refractivity contribution in [1.82, 2.24) is 0 Å². The fourth-order valence-corrected chi connectivity index (χ4v) is 3.21. The minimum atomic E-state index is -3.13. The fraction of sp³-hybridized carbons (Fsp3) is 0.333. The molecule has 0 amide bonds. The smallest absolute Gasteiger partial charge is 0.178 e. The lowest BCUT2D eigenvalue weighted by Crippen LogP contribution is -2.08. The molecular weight excluding hydrogens is 208 g/mol. The molecule has 0 bridgehead atoms. The molecular formula is C12H12O2S. The third-order valence-electron chi connectivity index (χ3n) is 2.51. The van der Waals surface area contributed by atoms with Gasteiger partial charge in [-0.05, 0) is 37.0 Å². The summed E-state index contributed by atoms with van der Waals surface area (Å²) in [5.74, 6) is 3.07. The van der Waals surface area contributed by atoms with Crippen LogP contribution in [0.2, 0.25) is 0 Å². The lowest BCUT2D eigenvalue weighted by atomic mass is 10.2. The van der Waals surface area contributed by atoms with E-state index in [1.165, 1.54) is 0 Å². The zero-order valence-electron chi connectivity index (χ0n) is 8.31. The molecule has 0 saturated heterocycles. The summed E-state index contributed by atoms with van der Waals surface area (Å²) >= 11 is 0. The number of terminal acetylenes is 1. The Kier molecular flexibility index (Phi) is 2.54. The van der Waals surface area contributed by atoms with Crippen LogP contribution < -0.4 is 0 Å². The fourth-order valence-electron chi connectivity index (χ4n) is 1.47. The molecule has 78 valence electrons. The lowest BCUT2D eigenvalue weighted by Gasteiger charge is -2.03. The Morgan fingerprint density at radius 3 is 2.73 bits per heavy atom. The number of hydrogen-bond acceptors (Lipinski definition) is 2. The molecule has 0 heterocycles. The van der Waals surface area contributed by atoms with Crippen molar-refractivity contribution in [3.63, 3.8) is 0 Å². The molecule has 0 radical (unpaired) electrons. The summed E-state index contributed by atoms with van der Waals surface area (Å²) in [5, 5.41) is 0. The van der Waals surface area contributed by atoms with Crippen molar-refractivity contribution in [2.24, 2.45) is 5.92 Å². The van der Waals surface area contributed by atoms with E-state index in [4.69, 9.17) is 6.42 Å². The van der Waals surface area contributed by atoms with Crippen LogP contribution in [0.25, 0.3) is 0 Å². The summed E-state index contributed by atoms with van der Waals surface area (Å²) in [6.45, 7) is 0. The van der Waals surface area contributed by atoms with Crippen LogP contribution in [-0.4, -0.2) is 14.2 Å². The maximum Gasteiger partial charge on any atom is 0.178 e. The minimum Gasteiger partial charge on any atom is -0.224 e. The van der Waals surface area contributed by atoms with E-state index >= 15 is 0 Å². The van der Waals surface area contributed by atoms with Crippen LogP contribution in [-0.2, 0) is 9.84 Å². The molecule has 1 fully saturated rings. The average Bonchev–Trinajstić information content (AvgIpc) is 3.01. The van der Waals surface area contributed by atoms with E-state index in [9.17, 15) is 8.42 Å². The number of sulfone groups is 1. The Hall–Kier alpha value is -1.27. The Morgan fingerprint density at radius 2 is 2.13 bits per heavy atom. The highest BCUT2D eigenvalue weighted by molar-refractivity contribution is 7.91.